The lowest BCUT2D eigenvalue weighted by molar-refractivity contribution is 0.180. The number of urea groups is 1. The largest absolute Gasteiger partial charge is 0.370 e. The number of amides is 2. The van der Waals surface area contributed by atoms with Gasteiger partial charge < -0.3 is 15.5 Å². The highest BCUT2D eigenvalue weighted by atomic mass is 79.9. The highest BCUT2D eigenvalue weighted by Crippen LogP contribution is 2.28. The van der Waals surface area contributed by atoms with E-state index in [0.29, 0.717) is 12.5 Å². The molecule has 1 unspecified atom stereocenters. The van der Waals surface area contributed by atoms with Crippen molar-refractivity contribution >= 4 is 39.1 Å². The minimum Gasteiger partial charge on any atom is -0.370 e. The molecule has 5 rings (SSSR count). The third-order valence-corrected chi connectivity index (χ3v) is 7.09. The molecule has 2 aromatic carbocycles. The van der Waals surface area contributed by atoms with Crippen LogP contribution < -0.4 is 10.6 Å². The van der Waals surface area contributed by atoms with Gasteiger partial charge in [0.05, 0.1) is 16.4 Å². The summed E-state index contributed by atoms with van der Waals surface area (Å²) < 4.78 is 2.68. The number of likely N-dealkylation sites (tertiary alicyclic amines) is 1. The highest BCUT2D eigenvalue weighted by molar-refractivity contribution is 9.10. The van der Waals surface area contributed by atoms with E-state index < -0.39 is 0 Å². The summed E-state index contributed by atoms with van der Waals surface area (Å²) in [5.74, 6) is 1.23. The van der Waals surface area contributed by atoms with Crippen LogP contribution in [0.15, 0.2) is 65.3 Å². The zero-order valence-corrected chi connectivity index (χ0v) is 21.5. The minimum absolute atomic E-state index is 0.0392. The van der Waals surface area contributed by atoms with E-state index in [1.165, 1.54) is 11.1 Å². The van der Waals surface area contributed by atoms with Gasteiger partial charge in [-0.25, -0.2) is 9.78 Å². The van der Waals surface area contributed by atoms with Crippen molar-refractivity contribution in [3.8, 4) is 11.3 Å². The Bertz CT molecular complexity index is 1350. The molecule has 1 atom stereocenters. The average molecular weight is 533 g/mol. The molecule has 7 nitrogen and oxygen atoms in total. The number of benzene rings is 2. The van der Waals surface area contributed by atoms with Crippen molar-refractivity contribution in [1.29, 1.82) is 0 Å². The van der Waals surface area contributed by atoms with E-state index in [0.717, 1.165) is 58.8 Å². The monoisotopic (exact) mass is 532 g/mol. The van der Waals surface area contributed by atoms with E-state index in [9.17, 15) is 4.79 Å². The molecule has 0 aliphatic carbocycles. The van der Waals surface area contributed by atoms with E-state index in [4.69, 9.17) is 4.98 Å². The fourth-order valence-electron chi connectivity index (χ4n) is 4.56. The van der Waals surface area contributed by atoms with E-state index in [1.54, 1.807) is 6.20 Å². The SMILES string of the molecule is Cc1ccc(NC(=O)N2CCCC(CNc3cc(-c4ccccc4C)nc4c(Br)cnn34)C2)cc1. The summed E-state index contributed by atoms with van der Waals surface area (Å²) in [6.07, 6.45) is 3.83. The van der Waals surface area contributed by atoms with Crippen LogP contribution in [0.3, 0.4) is 0 Å². The molecule has 2 amide bonds. The maximum atomic E-state index is 12.9. The predicted molar refractivity (Wildman–Crippen MR) is 144 cm³/mol. The Hall–Kier alpha value is -3.39. The first-order chi connectivity index (χ1) is 17.0. The zero-order valence-electron chi connectivity index (χ0n) is 20.0. The molecule has 2 aromatic heterocycles. The molecular formula is C27H29BrN6O. The van der Waals surface area contributed by atoms with Crippen molar-refractivity contribution in [3.63, 3.8) is 0 Å². The van der Waals surface area contributed by atoms with Gasteiger partial charge >= 0.3 is 6.03 Å². The van der Waals surface area contributed by atoms with Gasteiger partial charge in [-0.1, -0.05) is 42.0 Å². The number of halogens is 1. The summed E-state index contributed by atoms with van der Waals surface area (Å²) >= 11 is 3.58. The quantitative estimate of drug-likeness (QED) is 0.324. The number of rotatable bonds is 5. The van der Waals surface area contributed by atoms with Crippen molar-refractivity contribution in [1.82, 2.24) is 19.5 Å². The highest BCUT2D eigenvalue weighted by Gasteiger charge is 2.24. The van der Waals surface area contributed by atoms with Crippen LogP contribution in [0, 0.1) is 19.8 Å². The number of carbonyl (C=O) groups is 1. The molecule has 180 valence electrons. The molecule has 4 aromatic rings. The molecule has 0 spiro atoms. The minimum atomic E-state index is -0.0392. The van der Waals surface area contributed by atoms with Gasteiger partial charge in [0.1, 0.15) is 5.82 Å². The van der Waals surface area contributed by atoms with Crippen molar-refractivity contribution < 1.29 is 4.79 Å². The van der Waals surface area contributed by atoms with Crippen LogP contribution in [0.2, 0.25) is 0 Å². The van der Waals surface area contributed by atoms with E-state index in [-0.39, 0.29) is 6.03 Å². The predicted octanol–water partition coefficient (Wildman–Crippen LogP) is 6.13. The Kier molecular flexibility index (Phi) is 6.72. The summed E-state index contributed by atoms with van der Waals surface area (Å²) in [4.78, 5) is 19.6. The summed E-state index contributed by atoms with van der Waals surface area (Å²) in [6.45, 7) is 6.37. The molecule has 1 saturated heterocycles. The number of fused-ring (bicyclic) bond motifs is 1. The third kappa shape index (κ3) is 5.17. The number of aromatic nitrogens is 3. The van der Waals surface area contributed by atoms with Gasteiger partial charge in [0.2, 0.25) is 0 Å². The van der Waals surface area contributed by atoms with Gasteiger partial charge in [-0.05, 0) is 66.2 Å². The molecule has 0 bridgehead atoms. The molecule has 1 aliphatic rings. The second kappa shape index (κ2) is 10.1. The van der Waals surface area contributed by atoms with Crippen LogP contribution in [0.4, 0.5) is 16.3 Å². The summed E-state index contributed by atoms with van der Waals surface area (Å²) in [5, 5.41) is 11.1. The van der Waals surface area contributed by atoms with E-state index in [1.807, 2.05) is 52.7 Å². The van der Waals surface area contributed by atoms with Crippen LogP contribution in [0.25, 0.3) is 16.9 Å². The number of aryl methyl sites for hydroxylation is 2. The second-order valence-corrected chi connectivity index (χ2v) is 10.1. The second-order valence-electron chi connectivity index (χ2n) is 9.20. The zero-order chi connectivity index (χ0) is 24.4. The smallest absolute Gasteiger partial charge is 0.321 e. The molecule has 0 saturated carbocycles. The molecule has 1 fully saturated rings. The lowest BCUT2D eigenvalue weighted by Crippen LogP contribution is -2.44. The number of nitrogens with one attached hydrogen (secondary N) is 2. The van der Waals surface area contributed by atoms with Crippen LogP contribution in [0.1, 0.15) is 24.0 Å². The van der Waals surface area contributed by atoms with Gasteiger partial charge in [0.25, 0.3) is 0 Å². The first kappa shape index (κ1) is 23.4. The summed E-state index contributed by atoms with van der Waals surface area (Å²) in [7, 11) is 0. The number of piperidine rings is 1. The number of hydrogen-bond acceptors (Lipinski definition) is 4. The van der Waals surface area contributed by atoms with Crippen LogP contribution >= 0.6 is 15.9 Å². The third-order valence-electron chi connectivity index (χ3n) is 6.53. The first-order valence-electron chi connectivity index (χ1n) is 11.9. The molecule has 35 heavy (non-hydrogen) atoms. The number of nitrogens with zero attached hydrogens (tertiary/aromatic N) is 4. The lowest BCUT2D eigenvalue weighted by atomic mass is 9.98. The van der Waals surface area contributed by atoms with Crippen molar-refractivity contribution in [2.45, 2.75) is 26.7 Å². The fourth-order valence-corrected chi connectivity index (χ4v) is 4.91. The Morgan fingerprint density at radius 3 is 2.74 bits per heavy atom. The van der Waals surface area contributed by atoms with Gasteiger partial charge in [-0.3, -0.25) is 0 Å². The first-order valence-corrected chi connectivity index (χ1v) is 12.7. The Morgan fingerprint density at radius 2 is 1.94 bits per heavy atom. The number of carbonyl (C=O) groups excluding carboxylic acids is 1. The van der Waals surface area contributed by atoms with E-state index >= 15 is 0 Å². The normalized spacial score (nSPS) is 15.9. The maximum absolute atomic E-state index is 12.9. The summed E-state index contributed by atoms with van der Waals surface area (Å²) in [6, 6.07) is 18.2. The number of hydrogen-bond donors (Lipinski definition) is 2. The van der Waals surface area contributed by atoms with Crippen molar-refractivity contribution in [2.24, 2.45) is 5.92 Å². The molecular weight excluding hydrogens is 504 g/mol. The summed E-state index contributed by atoms with van der Waals surface area (Å²) in [5.41, 5.74) is 5.95. The van der Waals surface area contributed by atoms with Crippen molar-refractivity contribution in [3.05, 3.63) is 76.4 Å². The number of anilines is 2. The molecule has 0 radical (unpaired) electrons. The van der Waals surface area contributed by atoms with Gasteiger partial charge in [-0.2, -0.15) is 9.61 Å². The standard InChI is InChI=1S/C27H29BrN6O/c1-18-9-11-21(12-10-18)31-27(35)33-13-5-7-20(17-33)15-29-25-14-24(22-8-4-3-6-19(22)2)32-26-23(28)16-30-34(25)26/h3-4,6,8-12,14,16,20,29H,5,7,13,15,17H2,1-2H3,(H,31,35). The van der Waals surface area contributed by atoms with Gasteiger partial charge in [0.15, 0.2) is 5.65 Å². The Labute approximate surface area is 213 Å². The van der Waals surface area contributed by atoms with Crippen LogP contribution in [-0.2, 0) is 0 Å². The average Bonchev–Trinajstić information content (AvgIpc) is 3.25. The topological polar surface area (TPSA) is 74.6 Å². The fraction of sp³-hybridized carbons (Fsp3) is 0.296. The Morgan fingerprint density at radius 1 is 1.14 bits per heavy atom. The molecule has 3 heterocycles. The molecule has 8 heteroatoms. The van der Waals surface area contributed by atoms with Gasteiger partial charge in [-0.15, -0.1) is 0 Å². The Balaban J connectivity index is 1.30. The van der Waals surface area contributed by atoms with Crippen LogP contribution in [-0.4, -0.2) is 45.2 Å². The van der Waals surface area contributed by atoms with Crippen molar-refractivity contribution in [2.75, 3.05) is 30.3 Å². The maximum Gasteiger partial charge on any atom is 0.321 e. The van der Waals surface area contributed by atoms with Crippen LogP contribution in [0.5, 0.6) is 0 Å². The molecule has 2 N–H and O–H groups in total. The lowest BCUT2D eigenvalue weighted by Gasteiger charge is -2.33. The molecule has 1 aliphatic heterocycles. The van der Waals surface area contributed by atoms with Gasteiger partial charge in [0, 0.05) is 37.0 Å². The van der Waals surface area contributed by atoms with E-state index in [2.05, 4.69) is 56.8 Å².